The summed E-state index contributed by atoms with van der Waals surface area (Å²) < 4.78 is 5.70. The first-order chi connectivity index (χ1) is 8.26. The van der Waals surface area contributed by atoms with Crippen LogP contribution in [0.5, 0.6) is 5.75 Å². The number of nitrogens with two attached hydrogens (primary N) is 1. The van der Waals surface area contributed by atoms with Gasteiger partial charge in [0.05, 0.1) is 6.61 Å². The van der Waals surface area contributed by atoms with Crippen LogP contribution >= 0.6 is 12.6 Å². The zero-order valence-electron chi connectivity index (χ0n) is 10.6. The highest BCUT2D eigenvalue weighted by Gasteiger charge is 1.99. The predicted octanol–water partition coefficient (Wildman–Crippen LogP) is 3.06. The van der Waals surface area contributed by atoms with E-state index in [1.807, 2.05) is 12.1 Å². The minimum absolute atomic E-state index is 0.224. The van der Waals surface area contributed by atoms with Crippen molar-refractivity contribution < 1.29 is 4.74 Å². The van der Waals surface area contributed by atoms with Crippen LogP contribution in [0.15, 0.2) is 24.3 Å². The molecule has 96 valence electrons. The van der Waals surface area contributed by atoms with Crippen LogP contribution in [0.4, 0.5) is 0 Å². The molecule has 0 fully saturated rings. The molecular weight excluding hydrogens is 230 g/mol. The molecule has 1 aromatic rings. The van der Waals surface area contributed by atoms with Crippen molar-refractivity contribution in [2.24, 2.45) is 5.73 Å². The molecular formula is C14H23NOS. The van der Waals surface area contributed by atoms with Gasteiger partial charge in [-0.2, -0.15) is 12.6 Å². The van der Waals surface area contributed by atoms with Gasteiger partial charge < -0.3 is 10.5 Å². The fourth-order valence-corrected chi connectivity index (χ4v) is 1.83. The van der Waals surface area contributed by atoms with Crippen molar-refractivity contribution >= 4 is 12.6 Å². The van der Waals surface area contributed by atoms with E-state index < -0.39 is 0 Å². The van der Waals surface area contributed by atoms with E-state index >= 15 is 0 Å². The molecule has 0 unspecified atom stereocenters. The van der Waals surface area contributed by atoms with E-state index in [0.29, 0.717) is 0 Å². The van der Waals surface area contributed by atoms with Crippen LogP contribution in [0.2, 0.25) is 0 Å². The van der Waals surface area contributed by atoms with Crippen molar-refractivity contribution in [1.82, 2.24) is 0 Å². The Balaban J connectivity index is 2.17. The molecule has 2 N–H and O–H groups in total. The highest BCUT2D eigenvalue weighted by molar-refractivity contribution is 7.80. The van der Waals surface area contributed by atoms with Gasteiger partial charge in [0, 0.05) is 11.8 Å². The summed E-state index contributed by atoms with van der Waals surface area (Å²) in [5.41, 5.74) is 7.11. The van der Waals surface area contributed by atoms with Crippen molar-refractivity contribution in [2.75, 3.05) is 12.4 Å². The van der Waals surface area contributed by atoms with Crippen LogP contribution in [-0.4, -0.2) is 18.4 Å². The molecule has 0 amide bonds. The van der Waals surface area contributed by atoms with E-state index in [-0.39, 0.29) is 6.04 Å². The molecule has 3 heteroatoms. The highest BCUT2D eigenvalue weighted by atomic mass is 32.1. The number of benzene rings is 1. The Morgan fingerprint density at radius 2 is 2.18 bits per heavy atom. The molecule has 0 aliphatic rings. The summed E-state index contributed by atoms with van der Waals surface area (Å²) in [4.78, 5) is 0. The number of aryl methyl sites for hydroxylation is 1. The number of ether oxygens (including phenoxy) is 1. The number of unbranched alkanes of at least 4 members (excludes halogenated alkanes) is 1. The summed E-state index contributed by atoms with van der Waals surface area (Å²) in [6, 6.07) is 8.52. The van der Waals surface area contributed by atoms with Crippen molar-refractivity contribution in [3.05, 3.63) is 29.8 Å². The molecule has 0 heterocycles. The fraction of sp³-hybridized carbons (Fsp3) is 0.571. The molecule has 1 atom stereocenters. The monoisotopic (exact) mass is 253 g/mol. The maximum atomic E-state index is 5.79. The number of thiol groups is 1. The minimum atomic E-state index is 0.224. The van der Waals surface area contributed by atoms with Crippen LogP contribution in [0, 0.1) is 0 Å². The van der Waals surface area contributed by atoms with Gasteiger partial charge in [-0.1, -0.05) is 19.1 Å². The molecule has 1 aromatic carbocycles. The third kappa shape index (κ3) is 5.99. The fourth-order valence-electron chi connectivity index (χ4n) is 1.65. The number of hydrogen-bond donors (Lipinski definition) is 2. The highest BCUT2D eigenvalue weighted by Crippen LogP contribution is 2.14. The van der Waals surface area contributed by atoms with Crippen molar-refractivity contribution in [2.45, 2.75) is 38.6 Å². The summed E-state index contributed by atoms with van der Waals surface area (Å²) in [7, 11) is 0. The average molecular weight is 253 g/mol. The lowest BCUT2D eigenvalue weighted by Gasteiger charge is -2.09. The molecule has 0 bridgehead atoms. The molecule has 2 nitrogen and oxygen atoms in total. The molecule has 0 saturated carbocycles. The van der Waals surface area contributed by atoms with E-state index in [1.165, 1.54) is 5.56 Å². The summed E-state index contributed by atoms with van der Waals surface area (Å²) in [6.45, 7) is 2.92. The average Bonchev–Trinajstić information content (AvgIpc) is 2.38. The van der Waals surface area contributed by atoms with Crippen LogP contribution in [0.1, 0.15) is 31.7 Å². The van der Waals surface area contributed by atoms with E-state index in [0.717, 1.165) is 43.8 Å². The Labute approximate surface area is 110 Å². The second-order valence-corrected chi connectivity index (χ2v) is 4.65. The molecule has 1 rings (SSSR count). The molecule has 0 saturated heterocycles. The van der Waals surface area contributed by atoms with Gasteiger partial charge in [-0.15, -0.1) is 0 Å². The van der Waals surface area contributed by atoms with E-state index in [1.54, 1.807) is 0 Å². The van der Waals surface area contributed by atoms with E-state index in [2.05, 4.69) is 31.7 Å². The molecule has 17 heavy (non-hydrogen) atoms. The zero-order valence-corrected chi connectivity index (χ0v) is 11.5. The van der Waals surface area contributed by atoms with Crippen molar-refractivity contribution in [3.8, 4) is 5.75 Å². The topological polar surface area (TPSA) is 35.2 Å². The van der Waals surface area contributed by atoms with Gasteiger partial charge in [-0.05, 0) is 43.4 Å². The third-order valence-corrected chi connectivity index (χ3v) is 3.25. The van der Waals surface area contributed by atoms with Gasteiger partial charge in [0.25, 0.3) is 0 Å². The predicted molar refractivity (Wildman–Crippen MR) is 77.0 cm³/mol. The standard InChI is InChI=1S/C14H23NOS/c1-2-12-6-5-8-14(10-12)16-9-4-3-7-13(15)11-17/h5-6,8,10,13,17H,2-4,7,9,11,15H2,1H3/t13-/m1/s1. The summed E-state index contributed by atoms with van der Waals surface area (Å²) in [6.07, 6.45) is 4.24. The molecule has 0 aromatic heterocycles. The second-order valence-electron chi connectivity index (χ2n) is 4.29. The lowest BCUT2D eigenvalue weighted by molar-refractivity contribution is 0.303. The third-order valence-electron chi connectivity index (χ3n) is 2.78. The van der Waals surface area contributed by atoms with Crippen molar-refractivity contribution in [3.63, 3.8) is 0 Å². The Hall–Kier alpha value is -0.670. The SMILES string of the molecule is CCc1cccc(OCCCC[C@@H](N)CS)c1. The van der Waals surface area contributed by atoms with E-state index in [9.17, 15) is 0 Å². The first-order valence-electron chi connectivity index (χ1n) is 6.34. The largest absolute Gasteiger partial charge is 0.494 e. The van der Waals surface area contributed by atoms with Gasteiger partial charge >= 0.3 is 0 Å². The van der Waals surface area contributed by atoms with Crippen LogP contribution < -0.4 is 10.5 Å². The lowest BCUT2D eigenvalue weighted by atomic mass is 10.1. The van der Waals surface area contributed by atoms with Crippen LogP contribution in [-0.2, 0) is 6.42 Å². The normalized spacial score (nSPS) is 12.4. The van der Waals surface area contributed by atoms with E-state index in [4.69, 9.17) is 10.5 Å². The Morgan fingerprint density at radius 3 is 2.88 bits per heavy atom. The Bertz CT molecular complexity index is 317. The maximum Gasteiger partial charge on any atom is 0.119 e. The molecule has 0 radical (unpaired) electrons. The Morgan fingerprint density at radius 1 is 1.35 bits per heavy atom. The van der Waals surface area contributed by atoms with Gasteiger partial charge in [-0.25, -0.2) is 0 Å². The summed E-state index contributed by atoms with van der Waals surface area (Å²) in [5.74, 6) is 1.74. The smallest absolute Gasteiger partial charge is 0.119 e. The van der Waals surface area contributed by atoms with Gasteiger partial charge in [0.1, 0.15) is 5.75 Å². The van der Waals surface area contributed by atoms with Crippen molar-refractivity contribution in [1.29, 1.82) is 0 Å². The first-order valence-corrected chi connectivity index (χ1v) is 6.97. The van der Waals surface area contributed by atoms with Crippen LogP contribution in [0.25, 0.3) is 0 Å². The number of hydrogen-bond acceptors (Lipinski definition) is 3. The number of rotatable bonds is 8. The molecule has 0 aliphatic carbocycles. The summed E-state index contributed by atoms with van der Waals surface area (Å²) in [5, 5.41) is 0. The zero-order chi connectivity index (χ0) is 12.5. The molecule has 0 aliphatic heterocycles. The van der Waals surface area contributed by atoms with Gasteiger partial charge in [0.2, 0.25) is 0 Å². The van der Waals surface area contributed by atoms with Crippen LogP contribution in [0.3, 0.4) is 0 Å². The minimum Gasteiger partial charge on any atom is -0.494 e. The molecule has 0 spiro atoms. The first kappa shape index (κ1) is 14.4. The second kappa shape index (κ2) is 8.43. The van der Waals surface area contributed by atoms with Gasteiger partial charge in [0.15, 0.2) is 0 Å². The maximum absolute atomic E-state index is 5.79. The summed E-state index contributed by atoms with van der Waals surface area (Å²) >= 11 is 4.16. The Kier molecular flexibility index (Phi) is 7.13. The lowest BCUT2D eigenvalue weighted by Crippen LogP contribution is -2.21. The van der Waals surface area contributed by atoms with Gasteiger partial charge in [-0.3, -0.25) is 0 Å². The quantitative estimate of drug-likeness (QED) is 0.552.